The molecule has 24 heavy (non-hydrogen) atoms. The maximum atomic E-state index is 6.19. The van der Waals surface area contributed by atoms with E-state index in [1.807, 2.05) is 0 Å². The molecule has 6 heteroatoms. The van der Waals surface area contributed by atoms with Gasteiger partial charge in [-0.15, -0.1) is 12.4 Å². The van der Waals surface area contributed by atoms with E-state index in [1.165, 1.54) is 5.56 Å². The van der Waals surface area contributed by atoms with Crippen LogP contribution in [-0.2, 0) is 13.0 Å². The lowest BCUT2D eigenvalue weighted by Crippen LogP contribution is -2.52. The van der Waals surface area contributed by atoms with Crippen molar-refractivity contribution in [3.8, 4) is 11.4 Å². The molecule has 1 unspecified atom stereocenters. The lowest BCUT2D eigenvalue weighted by molar-refractivity contribution is 0.0811. The first-order valence-corrected chi connectivity index (χ1v) is 8.38. The summed E-state index contributed by atoms with van der Waals surface area (Å²) < 4.78 is 5.44. The molecule has 0 saturated carbocycles. The second-order valence-electron chi connectivity index (χ2n) is 7.16. The van der Waals surface area contributed by atoms with Gasteiger partial charge in [-0.25, -0.2) is 0 Å². The fraction of sp³-hybridized carbons (Fsp3) is 0.556. The van der Waals surface area contributed by atoms with Crippen molar-refractivity contribution in [1.29, 1.82) is 0 Å². The topological polar surface area (TPSA) is 68.2 Å². The van der Waals surface area contributed by atoms with E-state index in [0.29, 0.717) is 18.3 Å². The molecule has 1 aliphatic rings. The minimum atomic E-state index is 0. The van der Waals surface area contributed by atoms with Gasteiger partial charge >= 0.3 is 0 Å². The number of hydrogen-bond donors (Lipinski definition) is 1. The number of nitrogens with zero attached hydrogens (tertiary/aromatic N) is 3. The summed E-state index contributed by atoms with van der Waals surface area (Å²) in [5.41, 5.74) is 8.62. The quantitative estimate of drug-likeness (QED) is 0.916. The lowest BCUT2D eigenvalue weighted by Gasteiger charge is -2.42. The number of aryl methyl sites for hydroxylation is 1. The van der Waals surface area contributed by atoms with Gasteiger partial charge in [0.1, 0.15) is 0 Å². The number of likely N-dealkylation sites (tertiary alicyclic amines) is 1. The van der Waals surface area contributed by atoms with Gasteiger partial charge in [0.15, 0.2) is 0 Å². The molecule has 1 aromatic heterocycles. The second-order valence-corrected chi connectivity index (χ2v) is 7.16. The Labute approximate surface area is 150 Å². The van der Waals surface area contributed by atoms with Crippen LogP contribution in [0.5, 0.6) is 0 Å². The van der Waals surface area contributed by atoms with Crippen LogP contribution in [0.3, 0.4) is 0 Å². The minimum Gasteiger partial charge on any atom is -0.338 e. The van der Waals surface area contributed by atoms with Crippen LogP contribution in [0.1, 0.15) is 38.6 Å². The van der Waals surface area contributed by atoms with E-state index in [1.54, 1.807) is 0 Å². The van der Waals surface area contributed by atoms with Crippen LogP contribution in [-0.4, -0.2) is 34.2 Å². The molecule has 5 nitrogen and oxygen atoms in total. The van der Waals surface area contributed by atoms with Crippen molar-refractivity contribution in [2.45, 2.75) is 46.2 Å². The third-order valence-electron chi connectivity index (χ3n) is 4.84. The fourth-order valence-electron chi connectivity index (χ4n) is 3.14. The van der Waals surface area contributed by atoms with E-state index in [-0.39, 0.29) is 23.9 Å². The molecule has 0 radical (unpaired) electrons. The maximum Gasteiger partial charge on any atom is 0.241 e. The molecule has 2 heterocycles. The number of piperidine rings is 1. The first-order valence-electron chi connectivity index (χ1n) is 8.38. The van der Waals surface area contributed by atoms with Gasteiger partial charge in [-0.1, -0.05) is 50.2 Å². The van der Waals surface area contributed by atoms with Crippen molar-refractivity contribution in [3.05, 3.63) is 35.7 Å². The molecule has 0 bridgehead atoms. The SMILES string of the molecule is CCc1ccc(-c2noc(CN3CCC(N)C(C)(C)C3)n2)cc1.Cl. The average molecular weight is 351 g/mol. The smallest absolute Gasteiger partial charge is 0.241 e. The summed E-state index contributed by atoms with van der Waals surface area (Å²) >= 11 is 0. The van der Waals surface area contributed by atoms with Crippen LogP contribution in [0.2, 0.25) is 0 Å². The molecule has 1 fully saturated rings. The maximum absolute atomic E-state index is 6.19. The van der Waals surface area contributed by atoms with Gasteiger partial charge < -0.3 is 10.3 Å². The molecule has 132 valence electrons. The van der Waals surface area contributed by atoms with E-state index in [2.05, 4.69) is 60.1 Å². The summed E-state index contributed by atoms with van der Waals surface area (Å²) in [5.74, 6) is 1.33. The minimum absolute atomic E-state index is 0. The molecular formula is C18H27ClN4O. The van der Waals surface area contributed by atoms with Crippen molar-refractivity contribution in [2.24, 2.45) is 11.1 Å². The number of benzene rings is 1. The Morgan fingerprint density at radius 2 is 2.00 bits per heavy atom. The zero-order valence-electron chi connectivity index (χ0n) is 14.7. The second kappa shape index (κ2) is 7.64. The van der Waals surface area contributed by atoms with E-state index in [9.17, 15) is 0 Å². The normalized spacial score (nSPS) is 20.6. The summed E-state index contributed by atoms with van der Waals surface area (Å²) in [6.45, 7) is 9.21. The van der Waals surface area contributed by atoms with E-state index in [4.69, 9.17) is 10.3 Å². The van der Waals surface area contributed by atoms with E-state index >= 15 is 0 Å². The highest BCUT2D eigenvalue weighted by molar-refractivity contribution is 5.85. The molecule has 0 amide bonds. The van der Waals surface area contributed by atoms with Crippen LogP contribution in [0.4, 0.5) is 0 Å². The predicted molar refractivity (Wildman–Crippen MR) is 98.0 cm³/mol. The van der Waals surface area contributed by atoms with Gasteiger partial charge in [0.2, 0.25) is 11.7 Å². The third-order valence-corrected chi connectivity index (χ3v) is 4.84. The number of rotatable bonds is 4. The molecular weight excluding hydrogens is 324 g/mol. The van der Waals surface area contributed by atoms with Crippen molar-refractivity contribution in [1.82, 2.24) is 15.0 Å². The molecule has 2 aromatic rings. The first-order chi connectivity index (χ1) is 11.0. The van der Waals surface area contributed by atoms with E-state index in [0.717, 1.165) is 31.5 Å². The summed E-state index contributed by atoms with van der Waals surface area (Å²) in [4.78, 5) is 6.89. The zero-order chi connectivity index (χ0) is 16.4. The molecule has 3 rings (SSSR count). The number of halogens is 1. The van der Waals surface area contributed by atoms with Gasteiger partial charge in [-0.2, -0.15) is 4.98 Å². The highest BCUT2D eigenvalue weighted by atomic mass is 35.5. The Bertz CT molecular complexity index is 653. The number of nitrogens with two attached hydrogens (primary N) is 1. The van der Waals surface area contributed by atoms with Gasteiger partial charge in [0.05, 0.1) is 6.54 Å². The third kappa shape index (κ3) is 4.15. The van der Waals surface area contributed by atoms with Crippen LogP contribution in [0.25, 0.3) is 11.4 Å². The number of aromatic nitrogens is 2. The van der Waals surface area contributed by atoms with Crippen molar-refractivity contribution in [2.75, 3.05) is 13.1 Å². The molecule has 1 aliphatic heterocycles. The van der Waals surface area contributed by atoms with Crippen LogP contribution < -0.4 is 5.73 Å². The first kappa shape index (κ1) is 18.9. The highest BCUT2D eigenvalue weighted by Crippen LogP contribution is 2.28. The van der Waals surface area contributed by atoms with Crippen molar-refractivity contribution in [3.63, 3.8) is 0 Å². The van der Waals surface area contributed by atoms with Crippen LogP contribution in [0.15, 0.2) is 28.8 Å². The van der Waals surface area contributed by atoms with Gasteiger partial charge in [-0.3, -0.25) is 4.90 Å². The highest BCUT2D eigenvalue weighted by Gasteiger charge is 2.33. The standard InChI is InChI=1S/C18H26N4O.ClH/c1-4-13-5-7-14(8-6-13)17-20-16(23-21-17)11-22-10-9-15(19)18(2,3)12-22;/h5-8,15H,4,9-12,19H2,1-3H3;1H. The molecule has 0 aliphatic carbocycles. The monoisotopic (exact) mass is 350 g/mol. The fourth-order valence-corrected chi connectivity index (χ4v) is 3.14. The summed E-state index contributed by atoms with van der Waals surface area (Å²) in [6.07, 6.45) is 2.04. The predicted octanol–water partition coefficient (Wildman–Crippen LogP) is 3.28. The summed E-state index contributed by atoms with van der Waals surface area (Å²) in [6, 6.07) is 8.58. The molecule has 0 spiro atoms. The Balaban J connectivity index is 0.00000208. The van der Waals surface area contributed by atoms with Gasteiger partial charge in [0, 0.05) is 24.7 Å². The Kier molecular flexibility index (Phi) is 6.01. The molecule has 2 N–H and O–H groups in total. The largest absolute Gasteiger partial charge is 0.338 e. The van der Waals surface area contributed by atoms with Crippen LogP contribution in [0, 0.1) is 5.41 Å². The average Bonchev–Trinajstić information content (AvgIpc) is 2.99. The molecule has 1 saturated heterocycles. The van der Waals surface area contributed by atoms with Gasteiger partial charge in [-0.05, 0) is 23.8 Å². The van der Waals surface area contributed by atoms with E-state index < -0.39 is 0 Å². The Hall–Kier alpha value is -1.43. The molecule has 1 aromatic carbocycles. The van der Waals surface area contributed by atoms with Crippen molar-refractivity contribution < 1.29 is 4.52 Å². The summed E-state index contributed by atoms with van der Waals surface area (Å²) in [7, 11) is 0. The number of hydrogen-bond acceptors (Lipinski definition) is 5. The Morgan fingerprint density at radius 3 is 2.62 bits per heavy atom. The zero-order valence-corrected chi connectivity index (χ0v) is 15.5. The van der Waals surface area contributed by atoms with Crippen LogP contribution >= 0.6 is 12.4 Å². The summed E-state index contributed by atoms with van der Waals surface area (Å²) in [5, 5.41) is 4.12. The Morgan fingerprint density at radius 1 is 1.29 bits per heavy atom. The van der Waals surface area contributed by atoms with Gasteiger partial charge in [0.25, 0.3) is 0 Å². The molecule has 1 atom stereocenters. The van der Waals surface area contributed by atoms with Crippen molar-refractivity contribution >= 4 is 12.4 Å². The lowest BCUT2D eigenvalue weighted by atomic mass is 9.80.